The first kappa shape index (κ1) is 18.2. The Morgan fingerprint density at radius 2 is 1.93 bits per heavy atom. The molecule has 4 rings (SSSR count). The quantitative estimate of drug-likeness (QED) is 0.542. The van der Waals surface area contributed by atoms with E-state index in [9.17, 15) is 9.59 Å². The Morgan fingerprint density at radius 1 is 1.07 bits per heavy atom. The van der Waals surface area contributed by atoms with E-state index in [1.807, 2.05) is 24.3 Å². The second-order valence-electron chi connectivity index (χ2n) is 6.92. The smallest absolute Gasteiger partial charge is 0.339 e. The number of fused-ring (bicyclic) bond motifs is 2. The van der Waals surface area contributed by atoms with E-state index in [-0.39, 0.29) is 19.1 Å². The number of ether oxygens (including phenoxy) is 1. The number of esters is 1. The minimum Gasteiger partial charge on any atom is -0.467 e. The Balaban J connectivity index is 1.53. The topological polar surface area (TPSA) is 81.4 Å². The number of nitrogens with zero attached hydrogens (tertiary/aromatic N) is 1. The molecule has 3 aromatic rings. The van der Waals surface area contributed by atoms with Gasteiger partial charge in [0.05, 0.1) is 23.9 Å². The van der Waals surface area contributed by atoms with Crippen molar-refractivity contribution >= 4 is 22.8 Å². The molecule has 0 saturated carbocycles. The fraction of sp³-hybridized carbons (Fsp3) is 0.318. The van der Waals surface area contributed by atoms with Crippen molar-refractivity contribution in [2.24, 2.45) is 0 Å². The number of amides is 1. The molecular weight excluding hydrogens is 356 g/mol. The van der Waals surface area contributed by atoms with Gasteiger partial charge < -0.3 is 14.5 Å². The largest absolute Gasteiger partial charge is 0.467 e. The Kier molecular flexibility index (Phi) is 5.37. The Morgan fingerprint density at radius 3 is 2.79 bits per heavy atom. The van der Waals surface area contributed by atoms with Gasteiger partial charge in [0.1, 0.15) is 5.76 Å². The number of hydrogen-bond acceptors (Lipinski definition) is 5. The van der Waals surface area contributed by atoms with Gasteiger partial charge in [-0.25, -0.2) is 4.79 Å². The molecular formula is C22H22N2O4. The van der Waals surface area contributed by atoms with Gasteiger partial charge in [-0.3, -0.25) is 9.78 Å². The third-order valence-electron chi connectivity index (χ3n) is 5.00. The number of nitrogens with one attached hydrogen (secondary N) is 1. The fourth-order valence-electron chi connectivity index (χ4n) is 3.64. The standard InChI is InChI=1S/C22H22N2O4/c25-20(23-13-15-7-6-12-27-15)14-28-22(26)21-16-8-2-1-3-10-18(16)24-19-11-5-4-9-17(19)21/h4-7,9,11-12H,1-3,8,10,13-14H2,(H,23,25). The van der Waals surface area contributed by atoms with Crippen LogP contribution in [0.3, 0.4) is 0 Å². The molecule has 1 amide bonds. The summed E-state index contributed by atoms with van der Waals surface area (Å²) in [5, 5.41) is 3.46. The minimum atomic E-state index is -0.468. The molecule has 6 nitrogen and oxygen atoms in total. The monoisotopic (exact) mass is 378 g/mol. The number of benzene rings is 1. The highest BCUT2D eigenvalue weighted by Crippen LogP contribution is 2.29. The molecule has 0 radical (unpaired) electrons. The summed E-state index contributed by atoms with van der Waals surface area (Å²) >= 11 is 0. The van der Waals surface area contributed by atoms with Gasteiger partial charge in [0.2, 0.25) is 0 Å². The first-order chi connectivity index (χ1) is 13.7. The van der Waals surface area contributed by atoms with Crippen molar-refractivity contribution in [1.29, 1.82) is 0 Å². The minimum absolute atomic E-state index is 0.261. The van der Waals surface area contributed by atoms with Gasteiger partial charge in [0.25, 0.3) is 5.91 Å². The summed E-state index contributed by atoms with van der Waals surface area (Å²) < 4.78 is 10.5. The number of aryl methyl sites for hydroxylation is 1. The van der Waals surface area contributed by atoms with Crippen molar-refractivity contribution in [2.45, 2.75) is 38.6 Å². The van der Waals surface area contributed by atoms with E-state index in [2.05, 4.69) is 5.32 Å². The van der Waals surface area contributed by atoms with Crippen molar-refractivity contribution in [3.05, 3.63) is 65.2 Å². The first-order valence-electron chi connectivity index (χ1n) is 9.59. The van der Waals surface area contributed by atoms with Crippen molar-refractivity contribution in [2.75, 3.05) is 6.61 Å². The van der Waals surface area contributed by atoms with E-state index in [4.69, 9.17) is 14.1 Å². The Bertz CT molecular complexity index is 995. The van der Waals surface area contributed by atoms with Crippen LogP contribution >= 0.6 is 0 Å². The van der Waals surface area contributed by atoms with Gasteiger partial charge in [-0.2, -0.15) is 0 Å². The van der Waals surface area contributed by atoms with Crippen molar-refractivity contribution in [3.63, 3.8) is 0 Å². The highest BCUT2D eigenvalue weighted by atomic mass is 16.5. The van der Waals surface area contributed by atoms with Gasteiger partial charge in [0, 0.05) is 11.1 Å². The zero-order valence-corrected chi connectivity index (χ0v) is 15.6. The van der Waals surface area contributed by atoms with Crippen LogP contribution in [0.4, 0.5) is 0 Å². The van der Waals surface area contributed by atoms with E-state index in [0.717, 1.165) is 54.3 Å². The van der Waals surface area contributed by atoms with Crippen LogP contribution in [0.25, 0.3) is 10.9 Å². The van der Waals surface area contributed by atoms with Crippen LogP contribution in [0, 0.1) is 0 Å². The average molecular weight is 378 g/mol. The van der Waals surface area contributed by atoms with Gasteiger partial charge in [0.15, 0.2) is 6.61 Å². The maximum absolute atomic E-state index is 12.9. The molecule has 0 aliphatic heterocycles. The lowest BCUT2D eigenvalue weighted by molar-refractivity contribution is -0.124. The van der Waals surface area contributed by atoms with Gasteiger partial charge in [-0.15, -0.1) is 0 Å². The fourth-order valence-corrected chi connectivity index (χ4v) is 3.64. The maximum Gasteiger partial charge on any atom is 0.339 e. The zero-order chi connectivity index (χ0) is 19.3. The van der Waals surface area contributed by atoms with Crippen LogP contribution < -0.4 is 5.32 Å². The van der Waals surface area contributed by atoms with E-state index >= 15 is 0 Å². The highest BCUT2D eigenvalue weighted by Gasteiger charge is 2.23. The van der Waals surface area contributed by atoms with Gasteiger partial charge >= 0.3 is 5.97 Å². The first-order valence-corrected chi connectivity index (χ1v) is 9.59. The number of para-hydroxylation sites is 1. The number of carbonyl (C=O) groups excluding carboxylic acids is 2. The van der Waals surface area contributed by atoms with Crippen LogP contribution in [0.1, 0.15) is 46.6 Å². The molecule has 2 aromatic heterocycles. The SMILES string of the molecule is O=C(COC(=O)c1c2c(nc3ccccc13)CCCCC2)NCc1ccco1. The molecule has 0 saturated heterocycles. The molecule has 0 unspecified atom stereocenters. The Labute approximate surface area is 162 Å². The number of aromatic nitrogens is 1. The van der Waals surface area contributed by atoms with E-state index in [1.54, 1.807) is 18.4 Å². The summed E-state index contributed by atoms with van der Waals surface area (Å²) in [6.45, 7) is -0.0675. The molecule has 0 spiro atoms. The molecule has 0 atom stereocenters. The van der Waals surface area contributed by atoms with Crippen LogP contribution in [-0.4, -0.2) is 23.5 Å². The lowest BCUT2D eigenvalue weighted by Crippen LogP contribution is -2.28. The summed E-state index contributed by atoms with van der Waals surface area (Å²) in [6.07, 6.45) is 6.43. The third kappa shape index (κ3) is 3.91. The van der Waals surface area contributed by atoms with Crippen molar-refractivity contribution in [1.82, 2.24) is 10.3 Å². The third-order valence-corrected chi connectivity index (χ3v) is 5.00. The molecule has 1 N–H and O–H groups in total. The van der Waals surface area contributed by atoms with Crippen LogP contribution in [-0.2, 0) is 28.9 Å². The summed E-state index contributed by atoms with van der Waals surface area (Å²) in [5.41, 5.74) is 3.29. The van der Waals surface area contributed by atoms with Crippen LogP contribution in [0.5, 0.6) is 0 Å². The summed E-state index contributed by atoms with van der Waals surface area (Å²) in [4.78, 5) is 29.7. The predicted octanol–water partition coefficient (Wildman–Crippen LogP) is 3.57. The van der Waals surface area contributed by atoms with Crippen LogP contribution in [0.2, 0.25) is 0 Å². The average Bonchev–Trinajstić information content (AvgIpc) is 3.13. The maximum atomic E-state index is 12.9. The lowest BCUT2D eigenvalue weighted by Gasteiger charge is -2.14. The molecule has 28 heavy (non-hydrogen) atoms. The summed E-state index contributed by atoms with van der Waals surface area (Å²) in [6, 6.07) is 11.1. The summed E-state index contributed by atoms with van der Waals surface area (Å²) in [7, 11) is 0. The van der Waals surface area contributed by atoms with E-state index < -0.39 is 5.97 Å². The number of hydrogen-bond donors (Lipinski definition) is 1. The van der Waals surface area contributed by atoms with Crippen molar-refractivity contribution < 1.29 is 18.7 Å². The second-order valence-corrected chi connectivity index (χ2v) is 6.92. The molecule has 1 aliphatic rings. The molecule has 2 heterocycles. The molecule has 0 fully saturated rings. The van der Waals surface area contributed by atoms with Crippen LogP contribution in [0.15, 0.2) is 47.1 Å². The molecule has 0 bridgehead atoms. The highest BCUT2D eigenvalue weighted by molar-refractivity contribution is 6.05. The predicted molar refractivity (Wildman–Crippen MR) is 104 cm³/mol. The number of furan rings is 1. The van der Waals surface area contributed by atoms with Gasteiger partial charge in [-0.05, 0) is 49.4 Å². The molecule has 1 aromatic carbocycles. The van der Waals surface area contributed by atoms with Gasteiger partial charge in [-0.1, -0.05) is 24.6 Å². The normalized spacial score (nSPS) is 13.6. The number of carbonyl (C=O) groups is 2. The molecule has 144 valence electrons. The van der Waals surface area contributed by atoms with Crippen molar-refractivity contribution in [3.8, 4) is 0 Å². The van der Waals surface area contributed by atoms with E-state index in [1.165, 1.54) is 0 Å². The lowest BCUT2D eigenvalue weighted by atomic mass is 9.97. The Hall–Kier alpha value is -3.15. The molecule has 6 heteroatoms. The number of rotatable bonds is 5. The molecule has 1 aliphatic carbocycles. The van der Waals surface area contributed by atoms with E-state index in [0.29, 0.717) is 11.3 Å². The second kappa shape index (κ2) is 8.25. The zero-order valence-electron chi connectivity index (χ0n) is 15.6. The summed E-state index contributed by atoms with van der Waals surface area (Å²) in [5.74, 6) is -0.191. The number of pyridine rings is 1.